The number of benzene rings is 1. The van der Waals surface area contributed by atoms with Gasteiger partial charge in [0, 0.05) is 9.75 Å². The average molecular weight is 298 g/mol. The van der Waals surface area contributed by atoms with Crippen LogP contribution in [0.2, 0.25) is 5.02 Å². The van der Waals surface area contributed by atoms with E-state index in [0.717, 1.165) is 10.4 Å². The van der Waals surface area contributed by atoms with E-state index in [0.29, 0.717) is 16.5 Å². The standard InChI is InChI=1S/C14H16ClNO2S/c1-8-4-5-12(19-8)13(16)9-6-10(15)14(18-3)11(7-9)17-2/h4-7,13H,16H2,1-3H3. The first kappa shape index (κ1) is 14.2. The van der Waals surface area contributed by atoms with E-state index in [1.807, 2.05) is 18.2 Å². The van der Waals surface area contributed by atoms with Crippen LogP contribution in [-0.2, 0) is 0 Å². The van der Waals surface area contributed by atoms with Gasteiger partial charge < -0.3 is 15.2 Å². The van der Waals surface area contributed by atoms with Gasteiger partial charge in [-0.15, -0.1) is 11.3 Å². The molecule has 102 valence electrons. The van der Waals surface area contributed by atoms with Crippen molar-refractivity contribution in [3.63, 3.8) is 0 Å². The van der Waals surface area contributed by atoms with Crippen molar-refractivity contribution >= 4 is 22.9 Å². The quantitative estimate of drug-likeness (QED) is 0.934. The van der Waals surface area contributed by atoms with Crippen LogP contribution in [0.15, 0.2) is 24.3 Å². The molecule has 3 nitrogen and oxygen atoms in total. The Balaban J connectivity index is 2.42. The number of rotatable bonds is 4. The highest BCUT2D eigenvalue weighted by Gasteiger charge is 2.17. The number of nitrogens with two attached hydrogens (primary N) is 1. The van der Waals surface area contributed by atoms with Crippen molar-refractivity contribution in [2.45, 2.75) is 13.0 Å². The summed E-state index contributed by atoms with van der Waals surface area (Å²) < 4.78 is 10.5. The molecule has 5 heteroatoms. The molecule has 2 aromatic rings. The van der Waals surface area contributed by atoms with Crippen molar-refractivity contribution in [3.8, 4) is 11.5 Å². The molecule has 0 radical (unpaired) electrons. The van der Waals surface area contributed by atoms with Crippen LogP contribution in [0.3, 0.4) is 0 Å². The van der Waals surface area contributed by atoms with Crippen LogP contribution in [0, 0.1) is 6.92 Å². The van der Waals surface area contributed by atoms with E-state index in [-0.39, 0.29) is 6.04 Å². The Hall–Kier alpha value is -1.23. The molecule has 19 heavy (non-hydrogen) atoms. The fraction of sp³-hybridized carbons (Fsp3) is 0.286. The third-order valence-electron chi connectivity index (χ3n) is 2.88. The molecule has 2 rings (SSSR count). The molecule has 1 aromatic heterocycles. The van der Waals surface area contributed by atoms with Gasteiger partial charge in [0.1, 0.15) is 0 Å². The lowest BCUT2D eigenvalue weighted by Gasteiger charge is -2.15. The lowest BCUT2D eigenvalue weighted by Crippen LogP contribution is -2.10. The van der Waals surface area contributed by atoms with Gasteiger partial charge in [-0.2, -0.15) is 0 Å². The van der Waals surface area contributed by atoms with Gasteiger partial charge in [0.25, 0.3) is 0 Å². The summed E-state index contributed by atoms with van der Waals surface area (Å²) in [5.74, 6) is 1.12. The van der Waals surface area contributed by atoms with Gasteiger partial charge in [-0.3, -0.25) is 0 Å². The second-order valence-corrected chi connectivity index (χ2v) is 5.89. The third-order valence-corrected chi connectivity index (χ3v) is 4.25. The van der Waals surface area contributed by atoms with Gasteiger partial charge in [-0.25, -0.2) is 0 Å². The molecule has 0 bridgehead atoms. The summed E-state index contributed by atoms with van der Waals surface area (Å²) in [6.07, 6.45) is 0. The zero-order valence-corrected chi connectivity index (χ0v) is 12.6. The summed E-state index contributed by atoms with van der Waals surface area (Å²) in [6.45, 7) is 2.06. The second-order valence-electron chi connectivity index (χ2n) is 4.16. The number of hydrogen-bond donors (Lipinski definition) is 1. The van der Waals surface area contributed by atoms with Crippen molar-refractivity contribution in [2.75, 3.05) is 14.2 Å². The summed E-state index contributed by atoms with van der Waals surface area (Å²) in [6, 6.07) is 7.57. The van der Waals surface area contributed by atoms with Crippen LogP contribution in [0.1, 0.15) is 21.4 Å². The first-order chi connectivity index (χ1) is 9.06. The zero-order valence-electron chi connectivity index (χ0n) is 11.1. The van der Waals surface area contributed by atoms with Gasteiger partial charge >= 0.3 is 0 Å². The maximum absolute atomic E-state index is 6.27. The van der Waals surface area contributed by atoms with Crippen molar-refractivity contribution in [2.24, 2.45) is 5.73 Å². The molecular weight excluding hydrogens is 282 g/mol. The van der Waals surface area contributed by atoms with Crippen LogP contribution >= 0.6 is 22.9 Å². The molecule has 0 spiro atoms. The van der Waals surface area contributed by atoms with Gasteiger partial charge in [0.15, 0.2) is 11.5 Å². The minimum Gasteiger partial charge on any atom is -0.493 e. The van der Waals surface area contributed by atoms with Gasteiger partial charge in [-0.1, -0.05) is 11.6 Å². The predicted molar refractivity (Wildman–Crippen MR) is 79.6 cm³/mol. The molecule has 0 saturated carbocycles. The van der Waals surface area contributed by atoms with Gasteiger partial charge in [-0.05, 0) is 36.8 Å². The Labute approximate surface area is 121 Å². The maximum Gasteiger partial charge on any atom is 0.179 e. The lowest BCUT2D eigenvalue weighted by molar-refractivity contribution is 0.354. The number of thiophene rings is 1. The minimum absolute atomic E-state index is 0.212. The monoisotopic (exact) mass is 297 g/mol. The van der Waals surface area contributed by atoms with Crippen molar-refractivity contribution in [1.29, 1.82) is 0 Å². The Kier molecular flexibility index (Phi) is 4.34. The van der Waals surface area contributed by atoms with E-state index in [4.69, 9.17) is 26.8 Å². The van der Waals surface area contributed by atoms with E-state index in [1.54, 1.807) is 25.6 Å². The number of aryl methyl sites for hydroxylation is 1. The Morgan fingerprint density at radius 1 is 1.21 bits per heavy atom. The van der Waals surface area contributed by atoms with E-state index >= 15 is 0 Å². The number of hydrogen-bond acceptors (Lipinski definition) is 4. The topological polar surface area (TPSA) is 44.5 Å². The number of ether oxygens (including phenoxy) is 2. The average Bonchev–Trinajstić information content (AvgIpc) is 2.83. The van der Waals surface area contributed by atoms with Gasteiger partial charge in [0.05, 0.1) is 25.3 Å². The normalized spacial score (nSPS) is 12.3. The lowest BCUT2D eigenvalue weighted by atomic mass is 10.1. The summed E-state index contributed by atoms with van der Waals surface area (Å²) in [7, 11) is 3.14. The third kappa shape index (κ3) is 2.86. The summed E-state index contributed by atoms with van der Waals surface area (Å²) in [5.41, 5.74) is 7.18. The van der Waals surface area contributed by atoms with E-state index < -0.39 is 0 Å². The predicted octanol–water partition coefficient (Wildman–Crippen LogP) is 3.78. The first-order valence-corrected chi connectivity index (χ1v) is 6.99. The van der Waals surface area contributed by atoms with Gasteiger partial charge in [0.2, 0.25) is 0 Å². The fourth-order valence-electron chi connectivity index (χ4n) is 1.90. The smallest absolute Gasteiger partial charge is 0.179 e. The summed E-state index contributed by atoms with van der Waals surface area (Å²) in [4.78, 5) is 2.33. The fourth-order valence-corrected chi connectivity index (χ4v) is 3.11. The van der Waals surface area contributed by atoms with Crippen LogP contribution < -0.4 is 15.2 Å². The molecule has 1 atom stereocenters. The zero-order chi connectivity index (χ0) is 14.0. The van der Waals surface area contributed by atoms with Crippen LogP contribution in [0.5, 0.6) is 11.5 Å². The van der Waals surface area contributed by atoms with Crippen molar-refractivity contribution < 1.29 is 9.47 Å². The molecule has 0 fully saturated rings. The molecule has 0 amide bonds. The molecular formula is C14H16ClNO2S. The molecule has 1 heterocycles. The highest BCUT2D eigenvalue weighted by molar-refractivity contribution is 7.12. The Bertz CT molecular complexity index is 583. The Morgan fingerprint density at radius 3 is 2.47 bits per heavy atom. The van der Waals surface area contributed by atoms with Crippen LogP contribution in [-0.4, -0.2) is 14.2 Å². The second kappa shape index (κ2) is 5.82. The molecule has 0 aliphatic heterocycles. The van der Waals surface area contributed by atoms with Crippen LogP contribution in [0.25, 0.3) is 0 Å². The molecule has 0 aliphatic carbocycles. The number of methoxy groups -OCH3 is 2. The highest BCUT2D eigenvalue weighted by Crippen LogP contribution is 2.39. The van der Waals surface area contributed by atoms with Crippen molar-refractivity contribution in [1.82, 2.24) is 0 Å². The highest BCUT2D eigenvalue weighted by atomic mass is 35.5. The summed E-state index contributed by atoms with van der Waals surface area (Å²) in [5, 5.41) is 0.501. The molecule has 1 unspecified atom stereocenters. The van der Waals surface area contributed by atoms with Crippen molar-refractivity contribution in [3.05, 3.63) is 44.6 Å². The maximum atomic E-state index is 6.27. The van der Waals surface area contributed by atoms with Crippen LogP contribution in [0.4, 0.5) is 0 Å². The SMILES string of the molecule is COc1cc(C(N)c2ccc(C)s2)cc(Cl)c1OC. The van der Waals surface area contributed by atoms with E-state index in [9.17, 15) is 0 Å². The number of halogens is 1. The first-order valence-electron chi connectivity index (χ1n) is 5.80. The minimum atomic E-state index is -0.212. The molecule has 2 N–H and O–H groups in total. The largest absolute Gasteiger partial charge is 0.493 e. The summed E-state index contributed by atoms with van der Waals surface area (Å²) >= 11 is 7.87. The van der Waals surface area contributed by atoms with E-state index in [2.05, 4.69) is 13.0 Å². The van der Waals surface area contributed by atoms with E-state index in [1.165, 1.54) is 4.88 Å². The Morgan fingerprint density at radius 2 is 1.95 bits per heavy atom. The molecule has 1 aromatic carbocycles. The molecule has 0 aliphatic rings. The molecule has 0 saturated heterocycles.